The number of nitrogens with zero attached hydrogens (tertiary/aromatic N) is 1. The number of hydrogen-bond acceptors (Lipinski definition) is 3. The number of carbonyl (C=O) groups is 1. The van der Waals surface area contributed by atoms with Crippen molar-refractivity contribution in [1.82, 2.24) is 15.6 Å². The minimum absolute atomic E-state index is 0.0793. The van der Waals surface area contributed by atoms with Crippen molar-refractivity contribution in [3.05, 3.63) is 30.1 Å². The summed E-state index contributed by atoms with van der Waals surface area (Å²) >= 11 is 0. The third-order valence-electron chi connectivity index (χ3n) is 3.39. The number of rotatable bonds is 3. The minimum Gasteiger partial charge on any atom is -0.359 e. The lowest BCUT2D eigenvalue weighted by atomic mass is 9.82. The lowest BCUT2D eigenvalue weighted by Crippen LogP contribution is -2.37. The largest absolute Gasteiger partial charge is 0.359 e. The first-order chi connectivity index (χ1) is 8.33. The molecule has 0 aliphatic carbocycles. The number of pyridine rings is 1. The van der Waals surface area contributed by atoms with Crippen LogP contribution in [-0.4, -0.2) is 31.0 Å². The number of aromatic nitrogens is 1. The highest BCUT2D eigenvalue weighted by Gasteiger charge is 2.31. The van der Waals surface area contributed by atoms with Gasteiger partial charge in [-0.25, -0.2) is 0 Å². The second kappa shape index (κ2) is 5.77. The molecule has 2 N–H and O–H groups in total. The Bertz CT molecular complexity index is 360. The summed E-state index contributed by atoms with van der Waals surface area (Å²) in [4.78, 5) is 16.4. The average Bonchev–Trinajstić information content (AvgIpc) is 2.41. The summed E-state index contributed by atoms with van der Waals surface area (Å²) in [7, 11) is 1.69. The molecule has 1 saturated heterocycles. The topological polar surface area (TPSA) is 54.0 Å². The fraction of sp³-hybridized carbons (Fsp3) is 0.538. The zero-order valence-electron chi connectivity index (χ0n) is 10.1. The maximum absolute atomic E-state index is 12.0. The van der Waals surface area contributed by atoms with Gasteiger partial charge in [-0.3, -0.25) is 9.78 Å². The van der Waals surface area contributed by atoms with Gasteiger partial charge in [-0.1, -0.05) is 6.07 Å². The zero-order chi connectivity index (χ0) is 12.1. The minimum atomic E-state index is -0.108. The number of amides is 1. The number of hydrogen-bond donors (Lipinski definition) is 2. The molecule has 0 bridgehead atoms. The first-order valence-corrected chi connectivity index (χ1v) is 6.16. The molecule has 1 aromatic rings. The Labute approximate surface area is 102 Å². The summed E-state index contributed by atoms with van der Waals surface area (Å²) in [6, 6.07) is 5.77. The van der Waals surface area contributed by atoms with Gasteiger partial charge in [-0.05, 0) is 44.0 Å². The fourth-order valence-corrected chi connectivity index (χ4v) is 2.48. The maximum atomic E-state index is 12.0. The normalized spacial score (nSPS) is 18.6. The highest BCUT2D eigenvalue weighted by atomic mass is 16.1. The molecule has 1 aliphatic rings. The van der Waals surface area contributed by atoms with Gasteiger partial charge >= 0.3 is 0 Å². The van der Waals surface area contributed by atoms with Gasteiger partial charge in [0.25, 0.3) is 0 Å². The molecule has 2 heterocycles. The van der Waals surface area contributed by atoms with Gasteiger partial charge in [0.1, 0.15) is 0 Å². The van der Waals surface area contributed by atoms with Crippen LogP contribution in [0.25, 0.3) is 0 Å². The van der Waals surface area contributed by atoms with E-state index in [0.717, 1.165) is 31.6 Å². The van der Waals surface area contributed by atoms with Crippen LogP contribution >= 0.6 is 0 Å². The zero-order valence-corrected chi connectivity index (χ0v) is 10.1. The molecule has 0 radical (unpaired) electrons. The molecule has 1 aromatic heterocycles. The van der Waals surface area contributed by atoms with E-state index in [-0.39, 0.29) is 11.8 Å². The van der Waals surface area contributed by atoms with Crippen molar-refractivity contribution in [3.63, 3.8) is 0 Å². The Balaban J connectivity index is 2.21. The quantitative estimate of drug-likeness (QED) is 0.816. The van der Waals surface area contributed by atoms with Crippen molar-refractivity contribution < 1.29 is 4.79 Å². The summed E-state index contributed by atoms with van der Waals surface area (Å²) in [6.07, 6.45) is 3.83. The third kappa shape index (κ3) is 2.82. The van der Waals surface area contributed by atoms with E-state index >= 15 is 0 Å². The number of piperidine rings is 1. The summed E-state index contributed by atoms with van der Waals surface area (Å²) < 4.78 is 0. The molecule has 1 fully saturated rings. The van der Waals surface area contributed by atoms with E-state index in [1.807, 2.05) is 18.2 Å². The van der Waals surface area contributed by atoms with Crippen molar-refractivity contribution in [3.8, 4) is 0 Å². The van der Waals surface area contributed by atoms with E-state index in [9.17, 15) is 4.79 Å². The van der Waals surface area contributed by atoms with Crippen molar-refractivity contribution in [2.75, 3.05) is 20.1 Å². The van der Waals surface area contributed by atoms with E-state index in [2.05, 4.69) is 15.6 Å². The van der Waals surface area contributed by atoms with E-state index in [1.54, 1.807) is 13.2 Å². The smallest absolute Gasteiger partial charge is 0.229 e. The number of likely N-dealkylation sites (N-methyl/N-ethyl adjacent to an activating group) is 1. The van der Waals surface area contributed by atoms with E-state index in [1.165, 1.54) is 0 Å². The standard InChI is InChI=1S/C13H19N3O/c1-14-13(17)12(10-5-8-15-9-6-10)11-4-2-3-7-16-11/h2-4,7,10,12,15H,5-6,8-9H2,1H3,(H,14,17). The second-order valence-corrected chi connectivity index (χ2v) is 4.43. The van der Waals surface area contributed by atoms with Crippen LogP contribution in [0.2, 0.25) is 0 Å². The third-order valence-corrected chi connectivity index (χ3v) is 3.39. The molecule has 1 atom stereocenters. The summed E-state index contributed by atoms with van der Waals surface area (Å²) in [5.41, 5.74) is 0.888. The molecule has 4 nitrogen and oxygen atoms in total. The van der Waals surface area contributed by atoms with Gasteiger partial charge in [0.15, 0.2) is 0 Å². The van der Waals surface area contributed by atoms with Crippen LogP contribution in [0, 0.1) is 5.92 Å². The lowest BCUT2D eigenvalue weighted by molar-refractivity contribution is -0.123. The van der Waals surface area contributed by atoms with Gasteiger partial charge in [-0.15, -0.1) is 0 Å². The Kier molecular flexibility index (Phi) is 4.09. The number of carbonyl (C=O) groups excluding carboxylic acids is 1. The van der Waals surface area contributed by atoms with Crippen LogP contribution in [0.1, 0.15) is 24.5 Å². The van der Waals surface area contributed by atoms with E-state index in [0.29, 0.717) is 5.92 Å². The monoisotopic (exact) mass is 233 g/mol. The Morgan fingerprint density at radius 2 is 2.24 bits per heavy atom. The van der Waals surface area contributed by atoms with Gasteiger partial charge in [0.05, 0.1) is 11.6 Å². The lowest BCUT2D eigenvalue weighted by Gasteiger charge is -2.29. The Hall–Kier alpha value is -1.42. The highest BCUT2D eigenvalue weighted by Crippen LogP contribution is 2.29. The molecular weight excluding hydrogens is 214 g/mol. The van der Waals surface area contributed by atoms with Crippen molar-refractivity contribution in [2.24, 2.45) is 5.92 Å². The summed E-state index contributed by atoms with van der Waals surface area (Å²) in [5.74, 6) is 0.366. The summed E-state index contributed by atoms with van der Waals surface area (Å²) in [5, 5.41) is 6.09. The van der Waals surface area contributed by atoms with E-state index in [4.69, 9.17) is 0 Å². The molecule has 0 aromatic carbocycles. The molecule has 2 rings (SSSR count). The van der Waals surface area contributed by atoms with Crippen LogP contribution in [0.3, 0.4) is 0 Å². The predicted octanol–water partition coefficient (Wildman–Crippen LogP) is 0.911. The Morgan fingerprint density at radius 1 is 1.47 bits per heavy atom. The second-order valence-electron chi connectivity index (χ2n) is 4.43. The van der Waals surface area contributed by atoms with Crippen LogP contribution in [-0.2, 0) is 4.79 Å². The van der Waals surface area contributed by atoms with Crippen molar-refractivity contribution >= 4 is 5.91 Å². The Morgan fingerprint density at radius 3 is 2.82 bits per heavy atom. The van der Waals surface area contributed by atoms with Crippen LogP contribution in [0.5, 0.6) is 0 Å². The molecule has 0 spiro atoms. The van der Waals surface area contributed by atoms with Crippen LogP contribution in [0.15, 0.2) is 24.4 Å². The van der Waals surface area contributed by atoms with Gasteiger partial charge < -0.3 is 10.6 Å². The summed E-state index contributed by atoms with van der Waals surface area (Å²) in [6.45, 7) is 1.98. The van der Waals surface area contributed by atoms with Gasteiger partial charge in [0.2, 0.25) is 5.91 Å². The molecule has 92 valence electrons. The van der Waals surface area contributed by atoms with Crippen LogP contribution < -0.4 is 10.6 Å². The first-order valence-electron chi connectivity index (χ1n) is 6.16. The number of nitrogens with one attached hydrogen (secondary N) is 2. The predicted molar refractivity (Wildman–Crippen MR) is 66.6 cm³/mol. The molecule has 4 heteroatoms. The first kappa shape index (κ1) is 12.0. The van der Waals surface area contributed by atoms with Crippen molar-refractivity contribution in [2.45, 2.75) is 18.8 Å². The molecule has 0 saturated carbocycles. The fourth-order valence-electron chi connectivity index (χ4n) is 2.48. The van der Waals surface area contributed by atoms with E-state index < -0.39 is 0 Å². The van der Waals surface area contributed by atoms with Gasteiger partial charge in [0, 0.05) is 13.2 Å². The maximum Gasteiger partial charge on any atom is 0.229 e. The highest BCUT2D eigenvalue weighted by molar-refractivity contribution is 5.83. The van der Waals surface area contributed by atoms with Crippen molar-refractivity contribution in [1.29, 1.82) is 0 Å². The SMILES string of the molecule is CNC(=O)C(c1ccccn1)C1CCNCC1. The average molecular weight is 233 g/mol. The molecular formula is C13H19N3O. The molecule has 1 amide bonds. The van der Waals surface area contributed by atoms with Crippen LogP contribution in [0.4, 0.5) is 0 Å². The molecule has 17 heavy (non-hydrogen) atoms. The molecule has 1 aliphatic heterocycles. The van der Waals surface area contributed by atoms with Gasteiger partial charge in [-0.2, -0.15) is 0 Å². The molecule has 1 unspecified atom stereocenters.